The van der Waals surface area contributed by atoms with Crippen LogP contribution in [0.3, 0.4) is 0 Å². The number of rotatable bonds is 10. The van der Waals surface area contributed by atoms with E-state index < -0.39 is 12.6 Å². The lowest BCUT2D eigenvalue weighted by Gasteiger charge is -2.20. The van der Waals surface area contributed by atoms with Gasteiger partial charge in [-0.05, 0) is 25.0 Å². The molecule has 0 aliphatic carbocycles. The molecule has 0 heterocycles. The molecule has 15 heavy (non-hydrogen) atoms. The minimum absolute atomic E-state index is 0.426. The molecule has 0 fully saturated rings. The van der Waals surface area contributed by atoms with E-state index in [9.17, 15) is 0 Å². The Kier molecular flexibility index (Phi) is 9.48. The van der Waals surface area contributed by atoms with Gasteiger partial charge in [-0.25, -0.2) is 0 Å². The van der Waals surface area contributed by atoms with Crippen molar-refractivity contribution in [2.75, 3.05) is 13.2 Å². The van der Waals surface area contributed by atoms with Crippen molar-refractivity contribution in [2.45, 2.75) is 39.3 Å². The number of hydrogen-bond donors (Lipinski definition) is 0. The van der Waals surface area contributed by atoms with Gasteiger partial charge in [-0.3, -0.25) is 0 Å². The third kappa shape index (κ3) is 7.31. The predicted molar refractivity (Wildman–Crippen MR) is 61.5 cm³/mol. The Balaban J connectivity index is 3.88. The fourth-order valence-electron chi connectivity index (χ4n) is 0.926. The Morgan fingerprint density at radius 3 is 1.60 bits per heavy atom. The SMILES string of the molecule is C=CC(OCCC)OC(C=C)OCCC. The van der Waals surface area contributed by atoms with Gasteiger partial charge in [0.2, 0.25) is 0 Å². The van der Waals surface area contributed by atoms with Crippen LogP contribution in [0.2, 0.25) is 0 Å². The molecule has 0 saturated heterocycles. The van der Waals surface area contributed by atoms with Gasteiger partial charge in [0, 0.05) is 13.2 Å². The average Bonchev–Trinajstić information content (AvgIpc) is 2.28. The molecule has 0 aromatic heterocycles. The molecule has 0 aromatic carbocycles. The van der Waals surface area contributed by atoms with Gasteiger partial charge >= 0.3 is 0 Å². The van der Waals surface area contributed by atoms with E-state index in [1.54, 1.807) is 12.2 Å². The van der Waals surface area contributed by atoms with Gasteiger partial charge < -0.3 is 14.2 Å². The van der Waals surface area contributed by atoms with E-state index in [2.05, 4.69) is 13.2 Å². The van der Waals surface area contributed by atoms with Crippen LogP contribution in [0.25, 0.3) is 0 Å². The summed E-state index contributed by atoms with van der Waals surface area (Å²) >= 11 is 0. The Morgan fingerprint density at radius 2 is 1.33 bits per heavy atom. The normalized spacial score (nSPS) is 14.5. The Morgan fingerprint density at radius 1 is 0.933 bits per heavy atom. The van der Waals surface area contributed by atoms with E-state index in [0.717, 1.165) is 12.8 Å². The summed E-state index contributed by atoms with van der Waals surface area (Å²) in [5.74, 6) is 0. The zero-order valence-electron chi connectivity index (χ0n) is 9.78. The third-order valence-electron chi connectivity index (χ3n) is 1.63. The average molecular weight is 214 g/mol. The maximum atomic E-state index is 5.47. The van der Waals surface area contributed by atoms with Crippen LogP contribution < -0.4 is 0 Å². The first-order valence-electron chi connectivity index (χ1n) is 5.42. The maximum Gasteiger partial charge on any atom is 0.179 e. The molecule has 2 atom stereocenters. The summed E-state index contributed by atoms with van der Waals surface area (Å²) in [6, 6.07) is 0. The van der Waals surface area contributed by atoms with Crippen molar-refractivity contribution in [2.24, 2.45) is 0 Å². The van der Waals surface area contributed by atoms with Gasteiger partial charge in [0.15, 0.2) is 12.6 Å². The fourth-order valence-corrected chi connectivity index (χ4v) is 0.926. The summed E-state index contributed by atoms with van der Waals surface area (Å²) < 4.78 is 16.2. The van der Waals surface area contributed by atoms with Crippen LogP contribution in [0, 0.1) is 0 Å². The molecule has 0 bridgehead atoms. The first-order chi connectivity index (χ1) is 7.28. The van der Waals surface area contributed by atoms with Gasteiger partial charge in [-0.1, -0.05) is 27.0 Å². The summed E-state index contributed by atoms with van der Waals surface area (Å²) in [5.41, 5.74) is 0. The second-order valence-corrected chi connectivity index (χ2v) is 3.09. The van der Waals surface area contributed by atoms with Crippen LogP contribution in [-0.2, 0) is 14.2 Å². The van der Waals surface area contributed by atoms with Crippen molar-refractivity contribution in [1.29, 1.82) is 0 Å². The molecule has 0 radical (unpaired) electrons. The molecular weight excluding hydrogens is 192 g/mol. The van der Waals surface area contributed by atoms with Crippen molar-refractivity contribution in [1.82, 2.24) is 0 Å². The Hall–Kier alpha value is -0.640. The molecule has 0 aromatic rings. The van der Waals surface area contributed by atoms with E-state index >= 15 is 0 Å². The van der Waals surface area contributed by atoms with Gasteiger partial charge in [0.05, 0.1) is 0 Å². The molecule has 88 valence electrons. The molecule has 0 saturated carbocycles. The molecule has 0 aliphatic rings. The fraction of sp³-hybridized carbons (Fsp3) is 0.667. The predicted octanol–water partition coefficient (Wildman–Crippen LogP) is 2.88. The topological polar surface area (TPSA) is 27.7 Å². The summed E-state index contributed by atoms with van der Waals surface area (Å²) in [4.78, 5) is 0. The quantitative estimate of drug-likeness (QED) is 0.413. The highest BCUT2D eigenvalue weighted by molar-refractivity contribution is 4.78. The van der Waals surface area contributed by atoms with E-state index in [-0.39, 0.29) is 0 Å². The Bertz CT molecular complexity index is 150. The summed E-state index contributed by atoms with van der Waals surface area (Å²) in [7, 11) is 0. The molecule has 0 spiro atoms. The van der Waals surface area contributed by atoms with Crippen molar-refractivity contribution >= 4 is 0 Å². The minimum atomic E-state index is -0.426. The van der Waals surface area contributed by atoms with E-state index in [1.807, 2.05) is 13.8 Å². The van der Waals surface area contributed by atoms with E-state index in [0.29, 0.717) is 13.2 Å². The van der Waals surface area contributed by atoms with E-state index in [1.165, 1.54) is 0 Å². The molecule has 3 heteroatoms. The first kappa shape index (κ1) is 14.4. The van der Waals surface area contributed by atoms with Crippen LogP contribution in [0.15, 0.2) is 25.3 Å². The van der Waals surface area contributed by atoms with Crippen molar-refractivity contribution in [3.63, 3.8) is 0 Å². The maximum absolute atomic E-state index is 5.47. The van der Waals surface area contributed by atoms with Crippen LogP contribution in [0.4, 0.5) is 0 Å². The zero-order chi connectivity index (χ0) is 11.5. The molecule has 0 aliphatic heterocycles. The van der Waals surface area contributed by atoms with Gasteiger partial charge in [0.1, 0.15) is 0 Å². The summed E-state index contributed by atoms with van der Waals surface area (Å²) in [6.45, 7) is 12.7. The molecule has 0 amide bonds. The van der Waals surface area contributed by atoms with E-state index in [4.69, 9.17) is 14.2 Å². The van der Waals surface area contributed by atoms with Crippen LogP contribution in [-0.4, -0.2) is 25.8 Å². The smallest absolute Gasteiger partial charge is 0.179 e. The van der Waals surface area contributed by atoms with Crippen LogP contribution in [0.1, 0.15) is 26.7 Å². The second kappa shape index (κ2) is 9.90. The molecular formula is C12H22O3. The zero-order valence-corrected chi connectivity index (χ0v) is 9.78. The highest BCUT2D eigenvalue weighted by Gasteiger charge is 2.11. The lowest BCUT2D eigenvalue weighted by molar-refractivity contribution is -0.207. The lowest BCUT2D eigenvalue weighted by atomic mass is 10.5. The largest absolute Gasteiger partial charge is 0.349 e. The standard InChI is InChI=1S/C12H22O3/c1-5-9-13-11(7-3)15-12(8-4)14-10-6-2/h7-8,11-12H,3-6,9-10H2,1-2H3. The second-order valence-electron chi connectivity index (χ2n) is 3.09. The summed E-state index contributed by atoms with van der Waals surface area (Å²) in [5, 5.41) is 0. The number of hydrogen-bond acceptors (Lipinski definition) is 3. The third-order valence-corrected chi connectivity index (χ3v) is 1.63. The van der Waals surface area contributed by atoms with Gasteiger partial charge in [-0.15, -0.1) is 0 Å². The van der Waals surface area contributed by atoms with Gasteiger partial charge in [-0.2, -0.15) is 0 Å². The highest BCUT2D eigenvalue weighted by atomic mass is 16.8. The molecule has 0 N–H and O–H groups in total. The molecule has 0 rings (SSSR count). The molecule has 2 unspecified atom stereocenters. The summed E-state index contributed by atoms with van der Waals surface area (Å²) in [6.07, 6.45) is 4.27. The highest BCUT2D eigenvalue weighted by Crippen LogP contribution is 2.05. The monoisotopic (exact) mass is 214 g/mol. The first-order valence-corrected chi connectivity index (χ1v) is 5.42. The minimum Gasteiger partial charge on any atom is -0.349 e. The van der Waals surface area contributed by atoms with Crippen molar-refractivity contribution in [3.8, 4) is 0 Å². The van der Waals surface area contributed by atoms with Crippen molar-refractivity contribution < 1.29 is 14.2 Å². The molecule has 3 nitrogen and oxygen atoms in total. The van der Waals surface area contributed by atoms with Gasteiger partial charge in [0.25, 0.3) is 0 Å². The van der Waals surface area contributed by atoms with Crippen LogP contribution in [0.5, 0.6) is 0 Å². The number of ether oxygens (including phenoxy) is 3. The van der Waals surface area contributed by atoms with Crippen LogP contribution >= 0.6 is 0 Å². The van der Waals surface area contributed by atoms with Crippen molar-refractivity contribution in [3.05, 3.63) is 25.3 Å². The lowest BCUT2D eigenvalue weighted by Crippen LogP contribution is -2.24. The Labute approximate surface area is 92.7 Å².